The number of aromatic nitrogens is 3. The highest BCUT2D eigenvalue weighted by atomic mass is 35.7. The number of ether oxygens (including phenoxy) is 1. The van der Waals surface area contributed by atoms with E-state index in [4.69, 9.17) is 15.4 Å². The van der Waals surface area contributed by atoms with Crippen molar-refractivity contribution in [3.63, 3.8) is 0 Å². The van der Waals surface area contributed by atoms with Crippen LogP contribution in [0.15, 0.2) is 5.16 Å². The number of aryl methyl sites for hydroxylation is 1. The lowest BCUT2D eigenvalue weighted by Crippen LogP contribution is -2.20. The Morgan fingerprint density at radius 1 is 1.44 bits per heavy atom. The normalized spacial score (nSPS) is 21.1. The van der Waals surface area contributed by atoms with E-state index in [9.17, 15) is 8.42 Å². The van der Waals surface area contributed by atoms with Gasteiger partial charge in [-0.15, -0.1) is 10.2 Å². The highest BCUT2D eigenvalue weighted by Crippen LogP contribution is 2.18. The Morgan fingerprint density at radius 2 is 2.22 bits per heavy atom. The summed E-state index contributed by atoms with van der Waals surface area (Å²) >= 11 is 0. The zero-order chi connectivity index (χ0) is 13.2. The van der Waals surface area contributed by atoms with Crippen LogP contribution in [0.4, 0.5) is 0 Å². The second-order valence-electron chi connectivity index (χ2n) is 4.42. The first kappa shape index (κ1) is 13.8. The molecule has 2 heterocycles. The second kappa shape index (κ2) is 5.54. The van der Waals surface area contributed by atoms with Gasteiger partial charge in [-0.3, -0.25) is 0 Å². The molecule has 0 saturated carbocycles. The molecule has 2 rings (SSSR count). The zero-order valence-corrected chi connectivity index (χ0v) is 11.7. The summed E-state index contributed by atoms with van der Waals surface area (Å²) in [7, 11) is 3.03. The standard InChI is InChI=1S/C10H16ClN3O3S/c1-14-9(12-13-10(14)18(11,15)16)6-5-8-4-2-3-7-17-8/h8H,2-7H2,1H3. The van der Waals surface area contributed by atoms with Crippen LogP contribution in [0, 0.1) is 0 Å². The summed E-state index contributed by atoms with van der Waals surface area (Å²) in [6.45, 7) is 0.810. The van der Waals surface area contributed by atoms with E-state index < -0.39 is 9.05 Å². The van der Waals surface area contributed by atoms with Gasteiger partial charge in [-0.25, -0.2) is 8.42 Å². The minimum absolute atomic E-state index is 0.205. The van der Waals surface area contributed by atoms with Gasteiger partial charge in [-0.1, -0.05) is 0 Å². The van der Waals surface area contributed by atoms with Crippen LogP contribution in [0.25, 0.3) is 0 Å². The lowest BCUT2D eigenvalue weighted by molar-refractivity contribution is 0.0111. The highest BCUT2D eigenvalue weighted by molar-refractivity contribution is 8.13. The largest absolute Gasteiger partial charge is 0.378 e. The van der Waals surface area contributed by atoms with Gasteiger partial charge in [0.15, 0.2) is 0 Å². The molecule has 1 unspecified atom stereocenters. The van der Waals surface area contributed by atoms with Gasteiger partial charge >= 0.3 is 0 Å². The maximum atomic E-state index is 11.2. The summed E-state index contributed by atoms with van der Waals surface area (Å²) in [4.78, 5) is 0. The molecule has 8 heteroatoms. The Balaban J connectivity index is 2.00. The Bertz CT molecular complexity index is 508. The maximum Gasteiger partial charge on any atom is 0.296 e. The van der Waals surface area contributed by atoms with E-state index in [-0.39, 0.29) is 11.3 Å². The third kappa shape index (κ3) is 3.21. The van der Waals surface area contributed by atoms with Gasteiger partial charge < -0.3 is 9.30 Å². The molecule has 0 amide bonds. The fourth-order valence-corrected chi connectivity index (χ4v) is 3.07. The van der Waals surface area contributed by atoms with E-state index in [1.807, 2.05) is 0 Å². The molecular weight excluding hydrogens is 278 g/mol. The minimum atomic E-state index is -3.83. The average molecular weight is 294 g/mol. The van der Waals surface area contributed by atoms with Crippen LogP contribution in [-0.2, 0) is 27.3 Å². The van der Waals surface area contributed by atoms with Gasteiger partial charge in [-0.05, 0) is 25.7 Å². The molecule has 1 aromatic heterocycles. The summed E-state index contributed by atoms with van der Waals surface area (Å²) in [5, 5.41) is 7.26. The van der Waals surface area contributed by atoms with E-state index >= 15 is 0 Å². The topological polar surface area (TPSA) is 74.1 Å². The van der Waals surface area contributed by atoms with Crippen LogP contribution in [-0.4, -0.2) is 35.9 Å². The lowest BCUT2D eigenvalue weighted by atomic mass is 10.0. The molecule has 1 atom stereocenters. The number of nitrogens with zero attached hydrogens (tertiary/aromatic N) is 3. The Morgan fingerprint density at radius 3 is 2.78 bits per heavy atom. The Labute approximate surface area is 111 Å². The summed E-state index contributed by atoms with van der Waals surface area (Å²) in [5.74, 6) is 0.614. The monoisotopic (exact) mass is 293 g/mol. The molecular formula is C10H16ClN3O3S. The fourth-order valence-electron chi connectivity index (χ4n) is 2.10. The molecule has 18 heavy (non-hydrogen) atoms. The number of rotatable bonds is 4. The van der Waals surface area contributed by atoms with Gasteiger partial charge in [0, 0.05) is 30.8 Å². The number of hydrogen-bond donors (Lipinski definition) is 0. The number of halogens is 1. The lowest BCUT2D eigenvalue weighted by Gasteiger charge is -2.22. The average Bonchev–Trinajstić information content (AvgIpc) is 2.69. The van der Waals surface area contributed by atoms with Crippen molar-refractivity contribution in [3.05, 3.63) is 5.82 Å². The van der Waals surface area contributed by atoms with Crippen molar-refractivity contribution in [2.75, 3.05) is 6.61 Å². The molecule has 1 aromatic rings. The molecule has 0 bridgehead atoms. The molecule has 0 radical (unpaired) electrons. The van der Waals surface area contributed by atoms with Crippen molar-refractivity contribution >= 4 is 19.7 Å². The van der Waals surface area contributed by atoms with Crippen LogP contribution < -0.4 is 0 Å². The molecule has 0 spiro atoms. The van der Waals surface area contributed by atoms with E-state index in [0.29, 0.717) is 12.2 Å². The zero-order valence-electron chi connectivity index (χ0n) is 10.2. The van der Waals surface area contributed by atoms with Crippen molar-refractivity contribution in [2.24, 2.45) is 7.05 Å². The van der Waals surface area contributed by atoms with E-state index in [1.165, 1.54) is 11.0 Å². The van der Waals surface area contributed by atoms with E-state index in [0.717, 1.165) is 25.9 Å². The van der Waals surface area contributed by atoms with Crippen LogP contribution in [0.1, 0.15) is 31.5 Å². The van der Waals surface area contributed by atoms with E-state index in [2.05, 4.69) is 10.2 Å². The highest BCUT2D eigenvalue weighted by Gasteiger charge is 2.21. The molecule has 102 valence electrons. The molecule has 6 nitrogen and oxygen atoms in total. The molecule has 1 aliphatic heterocycles. The summed E-state index contributed by atoms with van der Waals surface area (Å²) in [6.07, 6.45) is 5.07. The predicted molar refractivity (Wildman–Crippen MR) is 66.0 cm³/mol. The quantitative estimate of drug-likeness (QED) is 0.781. The van der Waals surface area contributed by atoms with Crippen LogP contribution in [0.3, 0.4) is 0 Å². The van der Waals surface area contributed by atoms with Crippen LogP contribution in [0.2, 0.25) is 0 Å². The van der Waals surface area contributed by atoms with Crippen molar-refractivity contribution in [1.29, 1.82) is 0 Å². The SMILES string of the molecule is Cn1c(CCC2CCCCO2)nnc1S(=O)(=O)Cl. The van der Waals surface area contributed by atoms with Crippen molar-refractivity contribution in [1.82, 2.24) is 14.8 Å². The van der Waals surface area contributed by atoms with Crippen molar-refractivity contribution in [2.45, 2.75) is 43.4 Å². The van der Waals surface area contributed by atoms with Gasteiger partial charge in [0.25, 0.3) is 14.2 Å². The first-order valence-electron chi connectivity index (χ1n) is 5.93. The van der Waals surface area contributed by atoms with Gasteiger partial charge in [-0.2, -0.15) is 0 Å². The summed E-state index contributed by atoms with van der Waals surface area (Å²) in [5.41, 5.74) is 0. The second-order valence-corrected chi connectivity index (χ2v) is 6.88. The first-order chi connectivity index (χ1) is 8.48. The fraction of sp³-hybridized carbons (Fsp3) is 0.800. The first-order valence-corrected chi connectivity index (χ1v) is 8.24. The summed E-state index contributed by atoms with van der Waals surface area (Å²) < 4.78 is 29.4. The van der Waals surface area contributed by atoms with E-state index in [1.54, 1.807) is 7.05 Å². The molecule has 1 saturated heterocycles. The Hall–Kier alpha value is -0.660. The third-order valence-electron chi connectivity index (χ3n) is 3.11. The van der Waals surface area contributed by atoms with Gasteiger partial charge in [0.2, 0.25) is 0 Å². The third-order valence-corrected chi connectivity index (χ3v) is 4.31. The molecule has 0 aromatic carbocycles. The molecule has 1 aliphatic rings. The smallest absolute Gasteiger partial charge is 0.296 e. The molecule has 0 aliphatic carbocycles. The van der Waals surface area contributed by atoms with Crippen LogP contribution >= 0.6 is 10.7 Å². The Kier molecular flexibility index (Phi) is 4.24. The summed E-state index contributed by atoms with van der Waals surface area (Å²) in [6, 6.07) is 0. The van der Waals surface area contributed by atoms with Crippen LogP contribution in [0.5, 0.6) is 0 Å². The van der Waals surface area contributed by atoms with Crippen molar-refractivity contribution in [3.8, 4) is 0 Å². The predicted octanol–water partition coefficient (Wildman–Crippen LogP) is 1.24. The molecule has 1 fully saturated rings. The van der Waals surface area contributed by atoms with Gasteiger partial charge in [0.05, 0.1) is 6.10 Å². The van der Waals surface area contributed by atoms with Crippen molar-refractivity contribution < 1.29 is 13.2 Å². The van der Waals surface area contributed by atoms with Gasteiger partial charge in [0.1, 0.15) is 5.82 Å². The maximum absolute atomic E-state index is 11.2. The molecule has 0 N–H and O–H groups in total. The number of hydrogen-bond acceptors (Lipinski definition) is 5. The minimum Gasteiger partial charge on any atom is -0.378 e.